The van der Waals surface area contributed by atoms with Crippen LogP contribution in [-0.4, -0.2) is 11.7 Å². The molecule has 0 heterocycles. The van der Waals surface area contributed by atoms with E-state index in [-0.39, 0.29) is 0 Å². The molecule has 2 rings (SSSR count). The molecule has 10 heavy (non-hydrogen) atoms. The van der Waals surface area contributed by atoms with E-state index in [4.69, 9.17) is 5.11 Å². The van der Waals surface area contributed by atoms with Gasteiger partial charge in [0, 0.05) is 6.61 Å². The van der Waals surface area contributed by atoms with Gasteiger partial charge >= 0.3 is 0 Å². The van der Waals surface area contributed by atoms with Crippen LogP contribution < -0.4 is 0 Å². The minimum absolute atomic E-state index is 0.438. The SMILES string of the molecule is OCC1C[C@H]2CC[C@@H](C1)C2. The molecule has 2 fully saturated rings. The van der Waals surface area contributed by atoms with Gasteiger partial charge in [0.2, 0.25) is 0 Å². The average Bonchev–Trinajstić information content (AvgIpc) is 2.30. The molecule has 3 atom stereocenters. The fraction of sp³-hybridized carbons (Fsp3) is 1.00. The molecule has 0 saturated heterocycles. The van der Waals surface area contributed by atoms with Gasteiger partial charge in [0.25, 0.3) is 0 Å². The molecule has 2 saturated carbocycles. The van der Waals surface area contributed by atoms with Crippen molar-refractivity contribution in [3.63, 3.8) is 0 Å². The highest BCUT2D eigenvalue weighted by Gasteiger charge is 2.33. The van der Waals surface area contributed by atoms with Gasteiger partial charge in [-0.25, -0.2) is 0 Å². The molecule has 2 aliphatic carbocycles. The molecule has 2 bridgehead atoms. The lowest BCUT2D eigenvalue weighted by Crippen LogP contribution is -2.18. The summed E-state index contributed by atoms with van der Waals surface area (Å²) < 4.78 is 0. The third kappa shape index (κ3) is 1.07. The van der Waals surface area contributed by atoms with Gasteiger partial charge in [-0.2, -0.15) is 0 Å². The van der Waals surface area contributed by atoms with E-state index in [9.17, 15) is 0 Å². The third-order valence-corrected chi connectivity index (χ3v) is 3.24. The van der Waals surface area contributed by atoms with Crippen LogP contribution in [0.15, 0.2) is 0 Å². The topological polar surface area (TPSA) is 20.2 Å². The molecule has 0 spiro atoms. The number of fused-ring (bicyclic) bond motifs is 2. The molecule has 0 aromatic carbocycles. The van der Waals surface area contributed by atoms with Crippen molar-refractivity contribution in [2.24, 2.45) is 17.8 Å². The van der Waals surface area contributed by atoms with Crippen LogP contribution in [0.3, 0.4) is 0 Å². The monoisotopic (exact) mass is 140 g/mol. The van der Waals surface area contributed by atoms with E-state index in [0.717, 1.165) is 11.8 Å². The van der Waals surface area contributed by atoms with E-state index < -0.39 is 0 Å². The van der Waals surface area contributed by atoms with Gasteiger partial charge in [0.05, 0.1) is 0 Å². The second-order valence-corrected chi connectivity index (χ2v) is 4.07. The first-order valence-corrected chi connectivity index (χ1v) is 4.49. The highest BCUT2D eigenvalue weighted by atomic mass is 16.3. The molecular formula is C9H16O. The molecule has 58 valence electrons. The van der Waals surface area contributed by atoms with Crippen molar-refractivity contribution >= 4 is 0 Å². The number of aliphatic hydroxyl groups is 1. The van der Waals surface area contributed by atoms with Crippen LogP contribution in [0.4, 0.5) is 0 Å². The Balaban J connectivity index is 1.96. The smallest absolute Gasteiger partial charge is 0.0459 e. The van der Waals surface area contributed by atoms with Crippen LogP contribution in [0.2, 0.25) is 0 Å². The fourth-order valence-electron chi connectivity index (χ4n) is 2.79. The van der Waals surface area contributed by atoms with Gasteiger partial charge in [-0.3, -0.25) is 0 Å². The number of hydrogen-bond acceptors (Lipinski definition) is 1. The van der Waals surface area contributed by atoms with Crippen molar-refractivity contribution in [2.75, 3.05) is 6.61 Å². The minimum Gasteiger partial charge on any atom is -0.396 e. The summed E-state index contributed by atoms with van der Waals surface area (Å²) in [5.41, 5.74) is 0. The van der Waals surface area contributed by atoms with Crippen molar-refractivity contribution < 1.29 is 5.11 Å². The van der Waals surface area contributed by atoms with E-state index in [1.807, 2.05) is 0 Å². The quantitative estimate of drug-likeness (QED) is 0.589. The van der Waals surface area contributed by atoms with Crippen LogP contribution >= 0.6 is 0 Å². The maximum atomic E-state index is 8.95. The normalized spacial score (nSPS) is 45.9. The van der Waals surface area contributed by atoms with Gasteiger partial charge in [-0.15, -0.1) is 0 Å². The zero-order valence-corrected chi connectivity index (χ0v) is 6.42. The van der Waals surface area contributed by atoms with Crippen molar-refractivity contribution in [3.05, 3.63) is 0 Å². The lowest BCUT2D eigenvalue weighted by Gasteiger charge is -2.25. The Morgan fingerprint density at radius 1 is 1.00 bits per heavy atom. The summed E-state index contributed by atoms with van der Waals surface area (Å²) in [7, 11) is 0. The second kappa shape index (κ2) is 2.54. The summed E-state index contributed by atoms with van der Waals surface area (Å²) in [4.78, 5) is 0. The van der Waals surface area contributed by atoms with Gasteiger partial charge < -0.3 is 5.11 Å². The predicted octanol–water partition coefficient (Wildman–Crippen LogP) is 1.80. The molecule has 0 amide bonds. The average molecular weight is 140 g/mol. The van der Waals surface area contributed by atoms with Crippen LogP contribution in [0.25, 0.3) is 0 Å². The first-order chi connectivity index (χ1) is 4.88. The fourth-order valence-corrected chi connectivity index (χ4v) is 2.79. The molecule has 0 aliphatic heterocycles. The largest absolute Gasteiger partial charge is 0.396 e. The lowest BCUT2D eigenvalue weighted by atomic mass is 9.81. The Morgan fingerprint density at radius 3 is 2.10 bits per heavy atom. The van der Waals surface area contributed by atoms with Gasteiger partial charge in [-0.1, -0.05) is 12.8 Å². The van der Waals surface area contributed by atoms with E-state index in [1.165, 1.54) is 32.1 Å². The zero-order valence-electron chi connectivity index (χ0n) is 6.42. The summed E-state index contributed by atoms with van der Waals surface area (Å²) in [5, 5.41) is 8.95. The first-order valence-electron chi connectivity index (χ1n) is 4.49. The highest BCUT2D eigenvalue weighted by molar-refractivity contribution is 4.84. The molecule has 2 aliphatic rings. The Labute approximate surface area is 62.4 Å². The first kappa shape index (κ1) is 6.66. The van der Waals surface area contributed by atoms with Crippen molar-refractivity contribution in [3.8, 4) is 0 Å². The van der Waals surface area contributed by atoms with Crippen molar-refractivity contribution in [1.82, 2.24) is 0 Å². The molecule has 0 radical (unpaired) electrons. The van der Waals surface area contributed by atoms with Crippen LogP contribution in [0.1, 0.15) is 32.1 Å². The van der Waals surface area contributed by atoms with Gasteiger partial charge in [0.15, 0.2) is 0 Å². The van der Waals surface area contributed by atoms with E-state index in [0.29, 0.717) is 12.5 Å². The van der Waals surface area contributed by atoms with Crippen molar-refractivity contribution in [1.29, 1.82) is 0 Å². The van der Waals surface area contributed by atoms with E-state index in [1.54, 1.807) is 0 Å². The predicted molar refractivity (Wildman–Crippen MR) is 40.6 cm³/mol. The molecule has 0 aromatic heterocycles. The number of rotatable bonds is 1. The maximum absolute atomic E-state index is 8.95. The molecule has 1 nitrogen and oxygen atoms in total. The molecular weight excluding hydrogens is 124 g/mol. The summed E-state index contributed by atoms with van der Waals surface area (Å²) in [6, 6.07) is 0. The van der Waals surface area contributed by atoms with E-state index >= 15 is 0 Å². The summed E-state index contributed by atoms with van der Waals surface area (Å²) >= 11 is 0. The number of aliphatic hydroxyl groups excluding tert-OH is 1. The maximum Gasteiger partial charge on any atom is 0.0459 e. The Bertz CT molecular complexity index is 110. The van der Waals surface area contributed by atoms with Gasteiger partial charge in [0.1, 0.15) is 0 Å². The summed E-state index contributed by atoms with van der Waals surface area (Å²) in [6.07, 6.45) is 6.98. The molecule has 1 unspecified atom stereocenters. The zero-order chi connectivity index (χ0) is 6.97. The molecule has 1 N–H and O–H groups in total. The van der Waals surface area contributed by atoms with Crippen molar-refractivity contribution in [2.45, 2.75) is 32.1 Å². The summed E-state index contributed by atoms with van der Waals surface area (Å²) in [6.45, 7) is 0.438. The Morgan fingerprint density at radius 2 is 1.60 bits per heavy atom. The third-order valence-electron chi connectivity index (χ3n) is 3.24. The Kier molecular flexibility index (Phi) is 1.69. The Hall–Kier alpha value is -0.0400. The van der Waals surface area contributed by atoms with Crippen LogP contribution in [0.5, 0.6) is 0 Å². The highest BCUT2D eigenvalue weighted by Crippen LogP contribution is 2.44. The standard InChI is InChI=1S/C9H16O/c10-6-9-4-7-1-2-8(3-7)5-9/h7-10H,1-6H2/t7-,8+,9?. The van der Waals surface area contributed by atoms with Crippen LogP contribution in [0, 0.1) is 17.8 Å². The van der Waals surface area contributed by atoms with E-state index in [2.05, 4.69) is 0 Å². The lowest BCUT2D eigenvalue weighted by molar-refractivity contribution is 0.156. The van der Waals surface area contributed by atoms with Gasteiger partial charge in [-0.05, 0) is 37.0 Å². The number of hydrogen-bond donors (Lipinski definition) is 1. The molecule has 0 aromatic rings. The molecule has 1 heteroatoms. The second-order valence-electron chi connectivity index (χ2n) is 4.07. The summed E-state index contributed by atoms with van der Waals surface area (Å²) in [5.74, 6) is 2.62. The van der Waals surface area contributed by atoms with Crippen LogP contribution in [-0.2, 0) is 0 Å². The minimum atomic E-state index is 0.438.